The van der Waals surface area contributed by atoms with Crippen LogP contribution >= 0.6 is 11.3 Å². The second-order valence-corrected chi connectivity index (χ2v) is 11.1. The topological polar surface area (TPSA) is 101 Å². The maximum atomic E-state index is 13.1. The molecule has 10 heteroatoms. The summed E-state index contributed by atoms with van der Waals surface area (Å²) >= 11 is 1.53. The maximum Gasteiger partial charge on any atom is 0.281 e. The molecule has 4 rings (SSSR count). The van der Waals surface area contributed by atoms with E-state index in [1.807, 2.05) is 17.5 Å². The zero-order chi connectivity index (χ0) is 23.6. The first-order chi connectivity index (χ1) is 15.7. The summed E-state index contributed by atoms with van der Waals surface area (Å²) < 4.78 is 33.6. The fourth-order valence-corrected chi connectivity index (χ4v) is 5.34. The molecule has 1 saturated heterocycles. The number of pyridine rings is 2. The van der Waals surface area contributed by atoms with E-state index in [2.05, 4.69) is 40.4 Å². The molecule has 0 bridgehead atoms. The third kappa shape index (κ3) is 4.86. The van der Waals surface area contributed by atoms with Crippen molar-refractivity contribution in [1.82, 2.24) is 14.7 Å². The van der Waals surface area contributed by atoms with Crippen LogP contribution < -0.4 is 14.4 Å². The van der Waals surface area contributed by atoms with Crippen molar-refractivity contribution in [3.05, 3.63) is 64.5 Å². The lowest BCUT2D eigenvalue weighted by Crippen LogP contribution is -2.43. The van der Waals surface area contributed by atoms with Crippen LogP contribution in [0, 0.1) is 5.92 Å². The monoisotopic (exact) mass is 486 g/mol. The molecule has 1 N–H and O–H groups in total. The Bertz CT molecular complexity index is 1240. The largest absolute Gasteiger partial charge is 0.472 e. The molecule has 8 nitrogen and oxygen atoms in total. The first-order valence-electron chi connectivity index (χ1n) is 10.6. The van der Waals surface area contributed by atoms with Crippen molar-refractivity contribution in [2.75, 3.05) is 11.4 Å². The normalized spacial score (nSPS) is 17.7. The van der Waals surface area contributed by atoms with Crippen LogP contribution in [0.1, 0.15) is 42.4 Å². The van der Waals surface area contributed by atoms with Crippen LogP contribution in [0.15, 0.2) is 59.1 Å². The Labute approximate surface area is 197 Å². The predicted molar refractivity (Wildman–Crippen MR) is 127 cm³/mol. The van der Waals surface area contributed by atoms with Gasteiger partial charge in [-0.3, -0.25) is 4.79 Å². The van der Waals surface area contributed by atoms with Gasteiger partial charge in [-0.15, -0.1) is 11.3 Å². The number of nitrogens with one attached hydrogen (secondary N) is 1. The summed E-state index contributed by atoms with van der Waals surface area (Å²) in [5, 5.41) is 1.64. The standard InChI is InChI=1S/C23H26N4O4S2/c1-16-11-13-27(23(16,2)3)21-18(8-5-12-24-21)22(28)26-33(29,30)20-10-4-9-19(25-20)31-15-17-7-6-14-32-17/h4-10,12,14,16H,11,13,15H2,1-3H3,(H,26,28). The lowest BCUT2D eigenvalue weighted by atomic mass is 9.90. The van der Waals surface area contributed by atoms with Gasteiger partial charge in [0, 0.05) is 29.2 Å². The number of carbonyl (C=O) groups is 1. The van der Waals surface area contributed by atoms with Gasteiger partial charge in [-0.1, -0.05) is 19.1 Å². The number of hydrogen-bond acceptors (Lipinski definition) is 8. The molecule has 0 aromatic carbocycles. The maximum absolute atomic E-state index is 13.1. The number of hydrogen-bond donors (Lipinski definition) is 1. The molecule has 1 aliphatic rings. The van der Waals surface area contributed by atoms with Crippen molar-refractivity contribution in [2.45, 2.75) is 44.4 Å². The quantitative estimate of drug-likeness (QED) is 0.541. The smallest absolute Gasteiger partial charge is 0.281 e. The van der Waals surface area contributed by atoms with Gasteiger partial charge in [-0.25, -0.2) is 9.71 Å². The number of thiophene rings is 1. The predicted octanol–water partition coefficient (Wildman–Crippen LogP) is 3.86. The second-order valence-electron chi connectivity index (χ2n) is 8.49. The number of ether oxygens (including phenoxy) is 1. The van der Waals surface area contributed by atoms with Crippen molar-refractivity contribution in [1.29, 1.82) is 0 Å². The molecule has 1 unspecified atom stereocenters. The molecule has 1 atom stereocenters. The van der Waals surface area contributed by atoms with Crippen LogP contribution in [0.5, 0.6) is 5.88 Å². The van der Waals surface area contributed by atoms with E-state index in [0.717, 1.165) is 17.8 Å². The molecule has 1 aliphatic heterocycles. The zero-order valence-electron chi connectivity index (χ0n) is 18.7. The van der Waals surface area contributed by atoms with Crippen LogP contribution in [-0.2, 0) is 16.6 Å². The molecular weight excluding hydrogens is 460 g/mol. The van der Waals surface area contributed by atoms with Crippen molar-refractivity contribution in [2.24, 2.45) is 5.92 Å². The van der Waals surface area contributed by atoms with E-state index in [-0.39, 0.29) is 28.6 Å². The third-order valence-electron chi connectivity index (χ3n) is 6.12. The van der Waals surface area contributed by atoms with E-state index >= 15 is 0 Å². The lowest BCUT2D eigenvalue weighted by molar-refractivity contribution is 0.0981. The SMILES string of the molecule is CC1CCN(c2ncccc2C(=O)NS(=O)(=O)c2cccc(OCc3cccs3)n2)C1(C)C. The van der Waals surface area contributed by atoms with Crippen LogP contribution in [-0.4, -0.2) is 36.4 Å². The molecule has 33 heavy (non-hydrogen) atoms. The molecule has 0 saturated carbocycles. The number of sulfonamides is 1. The average molecular weight is 487 g/mol. The highest BCUT2D eigenvalue weighted by Crippen LogP contribution is 2.38. The summed E-state index contributed by atoms with van der Waals surface area (Å²) in [6.07, 6.45) is 2.57. The number of rotatable bonds is 7. The molecule has 0 radical (unpaired) electrons. The summed E-state index contributed by atoms with van der Waals surface area (Å²) in [5.41, 5.74) is -0.00809. The molecular formula is C23H26N4O4S2. The van der Waals surface area contributed by atoms with Crippen LogP contribution in [0.2, 0.25) is 0 Å². The summed E-state index contributed by atoms with van der Waals surface area (Å²) in [4.78, 5) is 24.6. The van der Waals surface area contributed by atoms with E-state index in [1.165, 1.54) is 23.5 Å². The van der Waals surface area contributed by atoms with Gasteiger partial charge in [0.05, 0.1) is 5.56 Å². The van der Waals surface area contributed by atoms with Gasteiger partial charge < -0.3 is 9.64 Å². The summed E-state index contributed by atoms with van der Waals surface area (Å²) in [6, 6.07) is 11.4. The van der Waals surface area contributed by atoms with Crippen LogP contribution in [0.3, 0.4) is 0 Å². The van der Waals surface area contributed by atoms with Crippen molar-refractivity contribution in [3.8, 4) is 5.88 Å². The first kappa shape index (κ1) is 23.2. The molecule has 3 aromatic rings. The van der Waals surface area contributed by atoms with Gasteiger partial charge in [0.15, 0.2) is 5.03 Å². The van der Waals surface area contributed by atoms with Gasteiger partial charge in [-0.2, -0.15) is 13.4 Å². The minimum atomic E-state index is -4.22. The average Bonchev–Trinajstić information content (AvgIpc) is 3.40. The van der Waals surface area contributed by atoms with Gasteiger partial charge in [0.1, 0.15) is 12.4 Å². The van der Waals surface area contributed by atoms with E-state index < -0.39 is 15.9 Å². The molecule has 1 fully saturated rings. The molecule has 174 valence electrons. The fraction of sp³-hybridized carbons (Fsp3) is 0.348. The third-order valence-corrected chi connectivity index (χ3v) is 8.20. The van der Waals surface area contributed by atoms with E-state index in [0.29, 0.717) is 11.7 Å². The fourth-order valence-electron chi connectivity index (χ4n) is 3.79. The minimum Gasteiger partial charge on any atom is -0.472 e. The van der Waals surface area contributed by atoms with Gasteiger partial charge in [-0.05, 0) is 55.8 Å². The van der Waals surface area contributed by atoms with Crippen molar-refractivity contribution < 1.29 is 17.9 Å². The Morgan fingerprint density at radius 2 is 2.06 bits per heavy atom. The van der Waals surface area contributed by atoms with Gasteiger partial charge in [0.25, 0.3) is 15.9 Å². The van der Waals surface area contributed by atoms with E-state index in [1.54, 1.807) is 24.4 Å². The highest BCUT2D eigenvalue weighted by molar-refractivity contribution is 7.90. The molecule has 0 spiro atoms. The Kier molecular flexibility index (Phi) is 6.40. The molecule has 3 aromatic heterocycles. The molecule has 1 amide bonds. The highest BCUT2D eigenvalue weighted by Gasteiger charge is 2.40. The number of nitrogens with zero attached hydrogens (tertiary/aromatic N) is 3. The summed E-state index contributed by atoms with van der Waals surface area (Å²) in [6.45, 7) is 7.38. The van der Waals surface area contributed by atoms with Crippen LogP contribution in [0.25, 0.3) is 0 Å². The van der Waals surface area contributed by atoms with Crippen molar-refractivity contribution in [3.63, 3.8) is 0 Å². The second kappa shape index (κ2) is 9.11. The van der Waals surface area contributed by atoms with Crippen molar-refractivity contribution >= 4 is 33.1 Å². The van der Waals surface area contributed by atoms with E-state index in [4.69, 9.17) is 4.74 Å². The van der Waals surface area contributed by atoms with Crippen LogP contribution in [0.4, 0.5) is 5.82 Å². The minimum absolute atomic E-state index is 0.161. The Balaban J connectivity index is 1.54. The van der Waals surface area contributed by atoms with Gasteiger partial charge >= 0.3 is 0 Å². The number of amides is 1. The molecule has 4 heterocycles. The zero-order valence-corrected chi connectivity index (χ0v) is 20.3. The highest BCUT2D eigenvalue weighted by atomic mass is 32.2. The number of carbonyl (C=O) groups excluding carboxylic acids is 1. The van der Waals surface area contributed by atoms with Gasteiger partial charge in [0.2, 0.25) is 5.88 Å². The Morgan fingerprint density at radius 1 is 1.24 bits per heavy atom. The molecule has 0 aliphatic carbocycles. The Morgan fingerprint density at radius 3 is 2.76 bits per heavy atom. The Hall–Kier alpha value is -2.98. The van der Waals surface area contributed by atoms with E-state index in [9.17, 15) is 13.2 Å². The first-order valence-corrected chi connectivity index (χ1v) is 13.0. The number of aromatic nitrogens is 2. The lowest BCUT2D eigenvalue weighted by Gasteiger charge is -2.36. The number of anilines is 1. The summed E-state index contributed by atoms with van der Waals surface area (Å²) in [5.74, 6) is 0.287. The summed E-state index contributed by atoms with van der Waals surface area (Å²) in [7, 11) is -4.22.